The van der Waals surface area contributed by atoms with Gasteiger partial charge in [-0.1, -0.05) is 0 Å². The molecule has 182 valence electrons. The fraction of sp³-hybridized carbons (Fsp3) is 0.333. The average molecular weight is 514 g/mol. The van der Waals surface area contributed by atoms with E-state index in [-0.39, 0.29) is 10.1 Å². The summed E-state index contributed by atoms with van der Waals surface area (Å²) in [5.74, 6) is -1.61. The largest absolute Gasteiger partial charge is 0.468 e. The Balaban J connectivity index is 2.21. The van der Waals surface area contributed by atoms with Gasteiger partial charge in [-0.2, -0.15) is 49.5 Å². The fourth-order valence-corrected chi connectivity index (χ4v) is 2.00. The molecule has 0 atom stereocenters. The van der Waals surface area contributed by atoms with E-state index in [0.717, 1.165) is 6.07 Å². The van der Waals surface area contributed by atoms with E-state index in [9.17, 15) is 44.3 Å². The van der Waals surface area contributed by atoms with Crippen molar-refractivity contribution in [3.8, 4) is 11.9 Å². The van der Waals surface area contributed by atoms with E-state index in [0.29, 0.717) is 18.3 Å². The summed E-state index contributed by atoms with van der Waals surface area (Å²) < 4.78 is 120. The normalized spacial score (nSPS) is 12.3. The number of hydrogen-bond donors (Lipinski definition) is 1. The Hall–Kier alpha value is -3.24. The molecule has 0 aromatic carbocycles. The van der Waals surface area contributed by atoms with Crippen LogP contribution in [-0.2, 0) is 6.18 Å². The number of hydrogen-bond acceptors (Lipinski definition) is 6. The number of amides is 2. The van der Waals surface area contributed by atoms with Crippen LogP contribution in [0.2, 0.25) is 0 Å². The summed E-state index contributed by atoms with van der Waals surface area (Å²) in [5.41, 5.74) is -1.65. The molecule has 2 amide bonds. The number of nitrogens with one attached hydrogen (secondary N) is 1. The molecule has 0 saturated carbocycles. The first-order valence-electron chi connectivity index (χ1n) is 8.12. The first-order chi connectivity index (χ1) is 15.0. The highest BCUT2D eigenvalue weighted by Crippen LogP contribution is 2.29. The Bertz CT molecular complexity index is 931. The second-order valence-electron chi connectivity index (χ2n) is 5.79. The topological polar surface area (TPSA) is 89.5 Å². The van der Waals surface area contributed by atoms with Crippen molar-refractivity contribution in [3.63, 3.8) is 0 Å². The SMILES string of the molecule is O=C(Nc1cc(OCC(F)(F)F)nc(OCC(F)(F)F)n1)N(Cl)c1ccc(C(F)(F)F)nc1. The van der Waals surface area contributed by atoms with Gasteiger partial charge in [0.15, 0.2) is 13.2 Å². The van der Waals surface area contributed by atoms with Crippen molar-refractivity contribution in [2.75, 3.05) is 22.9 Å². The number of aromatic nitrogens is 3. The zero-order chi connectivity index (χ0) is 25.0. The standard InChI is InChI=1S/C15H9ClF9N5O3/c16-30(7-1-2-8(26-4-7)15(23,24)25)12(31)28-9-3-10(32-5-13(17,18)19)29-11(27-9)33-6-14(20,21)22/h1-4H,5-6H2,(H,27,28,29,31). The molecular formula is C15H9ClF9N5O3. The maximum Gasteiger partial charge on any atom is 0.433 e. The minimum atomic E-state index is -4.85. The molecule has 0 spiro atoms. The van der Waals surface area contributed by atoms with E-state index in [1.165, 1.54) is 0 Å². The molecule has 1 N–H and O–H groups in total. The van der Waals surface area contributed by atoms with E-state index in [4.69, 9.17) is 11.8 Å². The van der Waals surface area contributed by atoms with Gasteiger partial charge in [0.05, 0.1) is 11.9 Å². The van der Waals surface area contributed by atoms with Crippen molar-refractivity contribution >= 4 is 29.3 Å². The van der Waals surface area contributed by atoms with Crippen molar-refractivity contribution in [2.45, 2.75) is 18.5 Å². The molecular weight excluding hydrogens is 505 g/mol. The molecule has 0 aliphatic heterocycles. The van der Waals surface area contributed by atoms with Crippen LogP contribution in [0.5, 0.6) is 11.9 Å². The summed E-state index contributed by atoms with van der Waals surface area (Å²) in [4.78, 5) is 21.8. The van der Waals surface area contributed by atoms with Gasteiger partial charge in [0.25, 0.3) is 0 Å². The number of pyridine rings is 1. The van der Waals surface area contributed by atoms with Gasteiger partial charge in [-0.25, -0.2) is 14.2 Å². The third-order valence-electron chi connectivity index (χ3n) is 3.11. The quantitative estimate of drug-likeness (QED) is 0.434. The molecule has 18 heteroatoms. The molecule has 0 fully saturated rings. The Kier molecular flexibility index (Phi) is 7.66. The number of rotatable bonds is 6. The third kappa shape index (κ3) is 8.66. The average Bonchev–Trinajstić information content (AvgIpc) is 2.68. The second kappa shape index (κ2) is 9.72. The van der Waals surface area contributed by atoms with Gasteiger partial charge in [0.2, 0.25) is 5.88 Å². The lowest BCUT2D eigenvalue weighted by atomic mass is 10.3. The van der Waals surface area contributed by atoms with Gasteiger partial charge in [-0.05, 0) is 12.1 Å². The summed E-state index contributed by atoms with van der Waals surface area (Å²) in [6.45, 7) is -3.79. The van der Waals surface area contributed by atoms with Crippen LogP contribution in [0.15, 0.2) is 24.4 Å². The van der Waals surface area contributed by atoms with Crippen molar-refractivity contribution < 1.29 is 53.8 Å². The number of carbonyl (C=O) groups excluding carboxylic acids is 1. The van der Waals surface area contributed by atoms with Gasteiger partial charge in [0.1, 0.15) is 11.5 Å². The minimum absolute atomic E-state index is 0.224. The second-order valence-corrected chi connectivity index (χ2v) is 6.13. The van der Waals surface area contributed by atoms with Crippen LogP contribution in [0.3, 0.4) is 0 Å². The molecule has 2 rings (SSSR count). The summed E-state index contributed by atoms with van der Waals surface area (Å²) in [5, 5.41) is 1.89. The summed E-state index contributed by atoms with van der Waals surface area (Å²) >= 11 is 5.69. The molecule has 33 heavy (non-hydrogen) atoms. The van der Waals surface area contributed by atoms with Crippen LogP contribution in [0.4, 0.5) is 55.8 Å². The summed E-state index contributed by atoms with van der Waals surface area (Å²) in [6, 6.07) is -0.521. The molecule has 0 aliphatic rings. The molecule has 2 aromatic rings. The molecule has 0 radical (unpaired) electrons. The maximum atomic E-state index is 12.5. The first-order valence-corrected chi connectivity index (χ1v) is 8.45. The van der Waals surface area contributed by atoms with Crippen molar-refractivity contribution in [1.29, 1.82) is 0 Å². The lowest BCUT2D eigenvalue weighted by molar-refractivity contribution is -0.155. The van der Waals surface area contributed by atoms with E-state index < -0.39 is 61.2 Å². The molecule has 0 unspecified atom stereocenters. The Morgan fingerprint density at radius 1 is 0.970 bits per heavy atom. The zero-order valence-corrected chi connectivity index (χ0v) is 16.3. The van der Waals surface area contributed by atoms with Crippen molar-refractivity contribution in [1.82, 2.24) is 15.0 Å². The van der Waals surface area contributed by atoms with Gasteiger partial charge in [-0.15, -0.1) is 0 Å². The highest BCUT2D eigenvalue weighted by molar-refractivity contribution is 6.37. The van der Waals surface area contributed by atoms with Crippen LogP contribution in [0.25, 0.3) is 0 Å². The van der Waals surface area contributed by atoms with Crippen LogP contribution >= 0.6 is 11.8 Å². The number of ether oxygens (including phenoxy) is 2. The first kappa shape index (κ1) is 26.0. The third-order valence-corrected chi connectivity index (χ3v) is 3.46. The predicted octanol–water partition coefficient (Wildman–Crippen LogP) is 4.96. The molecule has 0 bridgehead atoms. The van der Waals surface area contributed by atoms with Crippen LogP contribution in [0.1, 0.15) is 5.69 Å². The van der Waals surface area contributed by atoms with Crippen LogP contribution < -0.4 is 19.2 Å². The van der Waals surface area contributed by atoms with E-state index >= 15 is 0 Å². The molecule has 2 aromatic heterocycles. The summed E-state index contributed by atoms with van der Waals surface area (Å²) in [6.07, 6.45) is -13.9. The fourth-order valence-electron chi connectivity index (χ4n) is 1.85. The lowest BCUT2D eigenvalue weighted by Gasteiger charge is -2.16. The van der Waals surface area contributed by atoms with Crippen LogP contribution in [0, 0.1) is 0 Å². The minimum Gasteiger partial charge on any atom is -0.468 e. The predicted molar refractivity (Wildman–Crippen MR) is 91.7 cm³/mol. The van der Waals surface area contributed by atoms with Crippen molar-refractivity contribution in [2.24, 2.45) is 0 Å². The number of anilines is 2. The van der Waals surface area contributed by atoms with Gasteiger partial charge in [-0.3, -0.25) is 5.32 Å². The maximum absolute atomic E-state index is 12.5. The monoisotopic (exact) mass is 513 g/mol. The number of urea groups is 1. The van der Waals surface area contributed by atoms with E-state index in [1.807, 2.05) is 5.32 Å². The summed E-state index contributed by atoms with van der Waals surface area (Å²) in [7, 11) is 0. The van der Waals surface area contributed by atoms with E-state index in [1.54, 1.807) is 0 Å². The highest BCUT2D eigenvalue weighted by Gasteiger charge is 2.33. The number of nitrogens with zero attached hydrogens (tertiary/aromatic N) is 4. The number of carbonyl (C=O) groups is 1. The Morgan fingerprint density at radius 3 is 2.09 bits per heavy atom. The zero-order valence-electron chi connectivity index (χ0n) is 15.5. The molecule has 0 aliphatic carbocycles. The Labute approximate surface area is 182 Å². The molecule has 0 saturated heterocycles. The number of halogens is 10. The lowest BCUT2D eigenvalue weighted by Crippen LogP contribution is -2.28. The van der Waals surface area contributed by atoms with Crippen LogP contribution in [-0.4, -0.2) is 46.5 Å². The highest BCUT2D eigenvalue weighted by atomic mass is 35.5. The van der Waals surface area contributed by atoms with Gasteiger partial charge < -0.3 is 9.47 Å². The Morgan fingerprint density at radius 2 is 1.58 bits per heavy atom. The molecule has 8 nitrogen and oxygen atoms in total. The van der Waals surface area contributed by atoms with Crippen molar-refractivity contribution in [3.05, 3.63) is 30.1 Å². The van der Waals surface area contributed by atoms with Gasteiger partial charge >= 0.3 is 30.6 Å². The molecule has 2 heterocycles. The number of alkyl halides is 9. The van der Waals surface area contributed by atoms with Gasteiger partial charge in [0, 0.05) is 17.8 Å². The van der Waals surface area contributed by atoms with E-state index in [2.05, 4.69) is 24.4 Å². The smallest absolute Gasteiger partial charge is 0.433 e.